The Morgan fingerprint density at radius 3 is 0.709 bits per heavy atom. The van der Waals surface area contributed by atoms with E-state index < -0.39 is 6.10 Å². The molecule has 464 valence electrons. The fraction of sp³-hybridized carbons (Fsp3) is 0.877. The molecule has 0 amide bonds. The molecule has 0 saturated heterocycles. The third kappa shape index (κ3) is 66.3. The highest BCUT2D eigenvalue weighted by atomic mass is 16.6. The lowest BCUT2D eigenvalue weighted by atomic mass is 10.0. The molecule has 0 radical (unpaired) electrons. The zero-order chi connectivity index (χ0) is 57.1. The maximum absolute atomic E-state index is 13.0. The summed E-state index contributed by atoms with van der Waals surface area (Å²) in [6.07, 6.45) is 84.5. The van der Waals surface area contributed by atoms with E-state index in [-0.39, 0.29) is 31.1 Å². The van der Waals surface area contributed by atoms with Gasteiger partial charge in [0.25, 0.3) is 0 Å². The lowest BCUT2D eigenvalue weighted by molar-refractivity contribution is -0.167. The Hall–Kier alpha value is -2.37. The van der Waals surface area contributed by atoms with E-state index in [4.69, 9.17) is 14.2 Å². The maximum atomic E-state index is 13.0. The molecule has 0 aromatic carbocycles. The monoisotopic (exact) mass is 1110 g/mol. The summed E-state index contributed by atoms with van der Waals surface area (Å²) >= 11 is 0. The van der Waals surface area contributed by atoms with Gasteiger partial charge in [-0.1, -0.05) is 333 Å². The maximum Gasteiger partial charge on any atom is 0.306 e. The number of ether oxygens (including phenoxy) is 3. The average Bonchev–Trinajstić information content (AvgIpc) is 3.45. The van der Waals surface area contributed by atoms with Gasteiger partial charge in [0.05, 0.1) is 0 Å². The highest BCUT2D eigenvalue weighted by Gasteiger charge is 2.19. The van der Waals surface area contributed by atoms with Crippen LogP contribution in [0.4, 0.5) is 0 Å². The van der Waals surface area contributed by atoms with Crippen molar-refractivity contribution in [1.82, 2.24) is 0 Å². The van der Waals surface area contributed by atoms with Gasteiger partial charge in [0.2, 0.25) is 0 Å². The highest BCUT2D eigenvalue weighted by Crippen LogP contribution is 2.18. The van der Waals surface area contributed by atoms with Crippen molar-refractivity contribution in [2.75, 3.05) is 13.2 Å². The van der Waals surface area contributed by atoms with Crippen LogP contribution < -0.4 is 0 Å². The Labute approximate surface area is 493 Å². The fourth-order valence-corrected chi connectivity index (χ4v) is 10.8. The minimum atomic E-state index is -0.774. The van der Waals surface area contributed by atoms with Crippen molar-refractivity contribution >= 4 is 17.9 Å². The van der Waals surface area contributed by atoms with Crippen LogP contribution in [0.3, 0.4) is 0 Å². The van der Waals surface area contributed by atoms with Gasteiger partial charge in [0, 0.05) is 19.3 Å². The van der Waals surface area contributed by atoms with Crippen molar-refractivity contribution < 1.29 is 28.6 Å². The molecule has 1 unspecified atom stereocenters. The number of carbonyl (C=O) groups is 3. The Kier molecular flexibility index (Phi) is 66.1. The minimum Gasteiger partial charge on any atom is -0.462 e. The van der Waals surface area contributed by atoms with Crippen LogP contribution in [0.1, 0.15) is 393 Å². The summed E-state index contributed by atoms with van der Waals surface area (Å²) in [6.45, 7) is 6.70. The zero-order valence-corrected chi connectivity index (χ0v) is 53.4. The van der Waals surface area contributed by atoms with Crippen LogP contribution in [-0.2, 0) is 28.6 Å². The first-order chi connectivity index (χ1) is 39.0. The summed E-state index contributed by atoms with van der Waals surface area (Å²) in [7, 11) is 0. The summed E-state index contributed by atoms with van der Waals surface area (Å²) in [5, 5.41) is 0. The van der Waals surface area contributed by atoms with E-state index in [1.165, 1.54) is 289 Å². The molecular formula is C73H136O6. The smallest absolute Gasteiger partial charge is 0.306 e. The van der Waals surface area contributed by atoms with Gasteiger partial charge in [-0.2, -0.15) is 0 Å². The molecule has 0 aromatic rings. The van der Waals surface area contributed by atoms with Gasteiger partial charge in [-0.3, -0.25) is 14.4 Å². The lowest BCUT2D eigenvalue weighted by Gasteiger charge is -2.18. The molecule has 0 bridgehead atoms. The van der Waals surface area contributed by atoms with Crippen LogP contribution >= 0.6 is 0 Å². The number of hydrogen-bond acceptors (Lipinski definition) is 6. The second-order valence-electron chi connectivity index (χ2n) is 24.1. The number of esters is 3. The van der Waals surface area contributed by atoms with Crippen LogP contribution in [0.25, 0.3) is 0 Å². The molecule has 0 rings (SSSR count). The van der Waals surface area contributed by atoms with Crippen LogP contribution in [0, 0.1) is 0 Å². The summed E-state index contributed by atoms with van der Waals surface area (Å²) in [4.78, 5) is 38.5. The molecule has 0 saturated carbocycles. The fourth-order valence-electron chi connectivity index (χ4n) is 10.8. The van der Waals surface area contributed by atoms with E-state index in [1.807, 2.05) is 0 Å². The predicted molar refractivity (Wildman–Crippen MR) is 344 cm³/mol. The van der Waals surface area contributed by atoms with Gasteiger partial charge in [0.1, 0.15) is 13.2 Å². The topological polar surface area (TPSA) is 78.9 Å². The molecule has 0 heterocycles. The highest BCUT2D eigenvalue weighted by molar-refractivity contribution is 5.71. The van der Waals surface area contributed by atoms with Gasteiger partial charge in [0.15, 0.2) is 6.10 Å². The standard InChI is InChI=1S/C73H136O6/c1-4-7-10-13-16-19-22-25-28-31-34-36-39-42-45-48-51-54-57-60-63-66-72(75)78-69-70(68-77-71(74)65-62-59-56-53-50-47-44-41-38-33-30-27-24-21-18-15-12-9-6-3)79-73(76)67-64-61-58-55-52-49-46-43-40-37-35-32-29-26-23-20-17-14-11-8-5-2/h22,25,27,30-31,34,70H,4-21,23-24,26,28-29,32-33,35-69H2,1-3H3/b25-22-,30-27-,34-31-. The van der Waals surface area contributed by atoms with Crippen molar-refractivity contribution in [2.45, 2.75) is 399 Å². The second-order valence-corrected chi connectivity index (χ2v) is 24.1. The van der Waals surface area contributed by atoms with Crippen LogP contribution in [-0.4, -0.2) is 37.2 Å². The Balaban J connectivity index is 4.33. The number of rotatable bonds is 66. The molecule has 0 aliphatic rings. The molecule has 79 heavy (non-hydrogen) atoms. The third-order valence-electron chi connectivity index (χ3n) is 16.1. The van der Waals surface area contributed by atoms with Gasteiger partial charge in [-0.25, -0.2) is 0 Å². The SMILES string of the molecule is CCCCCCC/C=C\C/C=C\CCCCCCCCCCCC(=O)OCC(COC(=O)CCCCCCCCCCC/C=C\CCCCCCCC)OC(=O)CCCCCCCCCCCCCCCCCCCCCCC. The first kappa shape index (κ1) is 76.6. The van der Waals surface area contributed by atoms with Crippen molar-refractivity contribution in [2.24, 2.45) is 0 Å². The zero-order valence-electron chi connectivity index (χ0n) is 53.4. The number of unbranched alkanes of at least 4 members (excludes halogenated alkanes) is 49. The van der Waals surface area contributed by atoms with Crippen molar-refractivity contribution in [3.8, 4) is 0 Å². The molecule has 0 aliphatic heterocycles. The average molecular weight is 1110 g/mol. The Morgan fingerprint density at radius 1 is 0.253 bits per heavy atom. The predicted octanol–water partition coefficient (Wildman–Crippen LogP) is 24.3. The molecule has 0 fully saturated rings. The van der Waals surface area contributed by atoms with Gasteiger partial charge in [-0.05, 0) is 77.0 Å². The van der Waals surface area contributed by atoms with Crippen LogP contribution in [0.15, 0.2) is 36.5 Å². The van der Waals surface area contributed by atoms with E-state index >= 15 is 0 Å². The number of hydrogen-bond donors (Lipinski definition) is 0. The lowest BCUT2D eigenvalue weighted by Crippen LogP contribution is -2.30. The molecule has 0 aromatic heterocycles. The Bertz CT molecular complexity index is 1320. The summed E-state index contributed by atoms with van der Waals surface area (Å²) in [5.41, 5.74) is 0. The summed E-state index contributed by atoms with van der Waals surface area (Å²) in [5.74, 6) is -0.845. The molecule has 0 aliphatic carbocycles. The van der Waals surface area contributed by atoms with E-state index in [1.54, 1.807) is 0 Å². The van der Waals surface area contributed by atoms with Gasteiger partial charge >= 0.3 is 17.9 Å². The van der Waals surface area contributed by atoms with E-state index in [9.17, 15) is 14.4 Å². The molecule has 6 heteroatoms. The van der Waals surface area contributed by atoms with Crippen molar-refractivity contribution in [3.05, 3.63) is 36.5 Å². The molecule has 0 N–H and O–H groups in total. The van der Waals surface area contributed by atoms with E-state index in [2.05, 4.69) is 57.2 Å². The first-order valence-corrected chi connectivity index (χ1v) is 35.5. The van der Waals surface area contributed by atoms with Crippen molar-refractivity contribution in [3.63, 3.8) is 0 Å². The normalized spacial score (nSPS) is 12.2. The van der Waals surface area contributed by atoms with Crippen LogP contribution in [0.2, 0.25) is 0 Å². The minimum absolute atomic E-state index is 0.0697. The van der Waals surface area contributed by atoms with Crippen molar-refractivity contribution in [1.29, 1.82) is 0 Å². The molecular weight excluding hydrogens is 973 g/mol. The van der Waals surface area contributed by atoms with E-state index in [0.717, 1.165) is 64.2 Å². The van der Waals surface area contributed by atoms with Gasteiger partial charge in [-0.15, -0.1) is 0 Å². The largest absolute Gasteiger partial charge is 0.462 e. The van der Waals surface area contributed by atoms with Crippen LogP contribution in [0.5, 0.6) is 0 Å². The van der Waals surface area contributed by atoms with E-state index in [0.29, 0.717) is 19.3 Å². The third-order valence-corrected chi connectivity index (χ3v) is 16.1. The summed E-state index contributed by atoms with van der Waals surface area (Å²) in [6, 6.07) is 0. The summed E-state index contributed by atoms with van der Waals surface area (Å²) < 4.78 is 17.0. The first-order valence-electron chi connectivity index (χ1n) is 35.5. The quantitative estimate of drug-likeness (QED) is 0.0261. The number of carbonyl (C=O) groups excluding carboxylic acids is 3. The molecule has 0 spiro atoms. The molecule has 6 nitrogen and oxygen atoms in total. The second kappa shape index (κ2) is 68.1. The molecule has 1 atom stereocenters. The number of allylic oxidation sites excluding steroid dienone is 6. The van der Waals surface area contributed by atoms with Gasteiger partial charge < -0.3 is 14.2 Å². The Morgan fingerprint density at radius 2 is 0.456 bits per heavy atom.